The summed E-state index contributed by atoms with van der Waals surface area (Å²) >= 11 is 11.8. The molecule has 17 heavy (non-hydrogen) atoms. The molecule has 88 valence electrons. The number of nitrogens with two attached hydrogens (primary N) is 1. The van der Waals surface area contributed by atoms with Gasteiger partial charge in [0.25, 0.3) is 0 Å². The van der Waals surface area contributed by atoms with Crippen molar-refractivity contribution in [3.05, 3.63) is 46.3 Å². The average Bonchev–Trinajstić information content (AvgIpc) is 2.33. The summed E-state index contributed by atoms with van der Waals surface area (Å²) in [4.78, 5) is 8.48. The fourth-order valence-electron chi connectivity index (χ4n) is 1.41. The molecule has 0 spiro atoms. The molecule has 1 aromatic heterocycles. The van der Waals surface area contributed by atoms with E-state index in [0.717, 1.165) is 11.3 Å². The maximum Gasteiger partial charge on any atom is 0.145 e. The molecule has 0 radical (unpaired) electrons. The molecular weight excluding hydrogens is 257 g/mol. The maximum absolute atomic E-state index is 5.97. The summed E-state index contributed by atoms with van der Waals surface area (Å²) in [7, 11) is 0. The molecule has 0 saturated carbocycles. The van der Waals surface area contributed by atoms with E-state index in [0.29, 0.717) is 15.9 Å². The first kappa shape index (κ1) is 12.3. The highest BCUT2D eigenvalue weighted by Crippen LogP contribution is 2.27. The van der Waals surface area contributed by atoms with E-state index >= 15 is 0 Å². The van der Waals surface area contributed by atoms with Crippen molar-refractivity contribution in [1.29, 1.82) is 0 Å². The SMILES string of the molecule is CC(N)c1nccc(-c2ccc(Cl)c(Cl)c2)n1. The fourth-order valence-corrected chi connectivity index (χ4v) is 1.71. The lowest BCUT2D eigenvalue weighted by atomic mass is 10.1. The number of hydrogen-bond acceptors (Lipinski definition) is 3. The summed E-state index contributed by atoms with van der Waals surface area (Å²) in [6, 6.07) is 6.99. The standard InChI is InChI=1S/C12H11Cl2N3/c1-7(15)12-16-5-4-11(17-12)8-2-3-9(13)10(14)6-8/h2-7H,15H2,1H3. The monoisotopic (exact) mass is 267 g/mol. The highest BCUT2D eigenvalue weighted by atomic mass is 35.5. The Kier molecular flexibility index (Phi) is 3.62. The third kappa shape index (κ3) is 2.75. The molecule has 2 N–H and O–H groups in total. The number of nitrogens with zero attached hydrogens (tertiary/aromatic N) is 2. The Hall–Kier alpha value is -1.16. The Labute approximate surface area is 110 Å². The number of aromatic nitrogens is 2. The van der Waals surface area contributed by atoms with Crippen molar-refractivity contribution in [1.82, 2.24) is 9.97 Å². The second kappa shape index (κ2) is 5.00. The van der Waals surface area contributed by atoms with Crippen LogP contribution >= 0.6 is 23.2 Å². The van der Waals surface area contributed by atoms with E-state index in [1.54, 1.807) is 18.3 Å². The van der Waals surface area contributed by atoms with Crippen LogP contribution in [-0.4, -0.2) is 9.97 Å². The Morgan fingerprint density at radius 3 is 2.59 bits per heavy atom. The first-order chi connectivity index (χ1) is 8.08. The summed E-state index contributed by atoms with van der Waals surface area (Å²) in [6.45, 7) is 1.84. The second-order valence-corrected chi connectivity index (χ2v) is 4.53. The van der Waals surface area contributed by atoms with Gasteiger partial charge in [-0.25, -0.2) is 9.97 Å². The van der Waals surface area contributed by atoms with Gasteiger partial charge >= 0.3 is 0 Å². The van der Waals surface area contributed by atoms with Crippen molar-refractivity contribution in [3.8, 4) is 11.3 Å². The summed E-state index contributed by atoms with van der Waals surface area (Å²) in [5, 5.41) is 1.03. The summed E-state index contributed by atoms with van der Waals surface area (Å²) in [6.07, 6.45) is 1.68. The van der Waals surface area contributed by atoms with Crippen molar-refractivity contribution in [3.63, 3.8) is 0 Å². The van der Waals surface area contributed by atoms with Crippen LogP contribution in [0, 0.1) is 0 Å². The van der Waals surface area contributed by atoms with Gasteiger partial charge in [0.1, 0.15) is 5.82 Å². The largest absolute Gasteiger partial charge is 0.322 e. The third-order valence-corrected chi connectivity index (χ3v) is 3.04. The number of rotatable bonds is 2. The summed E-state index contributed by atoms with van der Waals surface area (Å²) < 4.78 is 0. The molecule has 0 aliphatic rings. The number of hydrogen-bond donors (Lipinski definition) is 1. The molecule has 1 heterocycles. The van der Waals surface area contributed by atoms with E-state index in [4.69, 9.17) is 28.9 Å². The number of benzene rings is 1. The average molecular weight is 268 g/mol. The quantitative estimate of drug-likeness (QED) is 0.907. The molecule has 1 atom stereocenters. The predicted molar refractivity (Wildman–Crippen MR) is 70.1 cm³/mol. The van der Waals surface area contributed by atoms with Gasteiger partial charge in [0.2, 0.25) is 0 Å². The van der Waals surface area contributed by atoms with Gasteiger partial charge in [-0.3, -0.25) is 0 Å². The molecule has 5 heteroatoms. The van der Waals surface area contributed by atoms with Crippen LogP contribution in [0.15, 0.2) is 30.5 Å². The molecule has 0 saturated heterocycles. The van der Waals surface area contributed by atoms with E-state index in [2.05, 4.69) is 9.97 Å². The van der Waals surface area contributed by atoms with Gasteiger partial charge in [-0.05, 0) is 25.1 Å². The lowest BCUT2D eigenvalue weighted by molar-refractivity contribution is 0.741. The van der Waals surface area contributed by atoms with E-state index in [-0.39, 0.29) is 6.04 Å². The van der Waals surface area contributed by atoms with Gasteiger partial charge in [-0.1, -0.05) is 29.3 Å². The molecule has 1 unspecified atom stereocenters. The summed E-state index contributed by atoms with van der Waals surface area (Å²) in [5.74, 6) is 0.605. The lowest BCUT2D eigenvalue weighted by Gasteiger charge is -2.07. The van der Waals surface area contributed by atoms with Crippen molar-refractivity contribution in [2.24, 2.45) is 5.73 Å². The van der Waals surface area contributed by atoms with E-state index in [1.165, 1.54) is 0 Å². The predicted octanol–water partition coefficient (Wildman–Crippen LogP) is 3.47. The molecule has 3 nitrogen and oxygen atoms in total. The van der Waals surface area contributed by atoms with Gasteiger partial charge in [0, 0.05) is 11.8 Å². The van der Waals surface area contributed by atoms with E-state index in [1.807, 2.05) is 19.1 Å². The van der Waals surface area contributed by atoms with Crippen LogP contribution in [0.5, 0.6) is 0 Å². The van der Waals surface area contributed by atoms with E-state index < -0.39 is 0 Å². The Balaban J connectivity index is 2.45. The number of halogens is 2. The van der Waals surface area contributed by atoms with E-state index in [9.17, 15) is 0 Å². The zero-order valence-electron chi connectivity index (χ0n) is 9.19. The third-order valence-electron chi connectivity index (χ3n) is 2.30. The molecular formula is C12H11Cl2N3. The van der Waals surface area contributed by atoms with Crippen LogP contribution < -0.4 is 5.73 Å². The Bertz CT molecular complexity index is 541. The van der Waals surface area contributed by atoms with Crippen molar-refractivity contribution < 1.29 is 0 Å². The minimum absolute atomic E-state index is 0.197. The van der Waals surface area contributed by atoms with Crippen molar-refractivity contribution >= 4 is 23.2 Å². The van der Waals surface area contributed by atoms with Crippen LogP contribution in [-0.2, 0) is 0 Å². The Morgan fingerprint density at radius 2 is 1.94 bits per heavy atom. The molecule has 0 aliphatic carbocycles. The highest BCUT2D eigenvalue weighted by Gasteiger charge is 2.07. The van der Waals surface area contributed by atoms with Crippen LogP contribution in [0.1, 0.15) is 18.8 Å². The molecule has 0 aliphatic heterocycles. The minimum Gasteiger partial charge on any atom is -0.322 e. The maximum atomic E-state index is 5.97. The van der Waals surface area contributed by atoms with Gasteiger partial charge < -0.3 is 5.73 Å². The topological polar surface area (TPSA) is 51.8 Å². The smallest absolute Gasteiger partial charge is 0.145 e. The van der Waals surface area contributed by atoms with Gasteiger partial charge in [0.05, 0.1) is 21.8 Å². The van der Waals surface area contributed by atoms with Gasteiger partial charge in [-0.2, -0.15) is 0 Å². The van der Waals surface area contributed by atoms with Crippen LogP contribution in [0.2, 0.25) is 10.0 Å². The molecule has 0 amide bonds. The molecule has 0 fully saturated rings. The lowest BCUT2D eigenvalue weighted by Crippen LogP contribution is -2.09. The Morgan fingerprint density at radius 1 is 1.18 bits per heavy atom. The second-order valence-electron chi connectivity index (χ2n) is 3.72. The first-order valence-corrected chi connectivity index (χ1v) is 5.87. The zero-order chi connectivity index (χ0) is 12.4. The minimum atomic E-state index is -0.197. The molecule has 2 rings (SSSR count). The fraction of sp³-hybridized carbons (Fsp3) is 0.167. The first-order valence-electron chi connectivity index (χ1n) is 5.12. The van der Waals surface area contributed by atoms with Crippen LogP contribution in [0.3, 0.4) is 0 Å². The van der Waals surface area contributed by atoms with Crippen LogP contribution in [0.4, 0.5) is 0 Å². The molecule has 1 aromatic carbocycles. The van der Waals surface area contributed by atoms with Gasteiger partial charge in [0.15, 0.2) is 0 Å². The normalized spacial score (nSPS) is 12.5. The van der Waals surface area contributed by atoms with Crippen LogP contribution in [0.25, 0.3) is 11.3 Å². The zero-order valence-corrected chi connectivity index (χ0v) is 10.7. The molecule has 0 bridgehead atoms. The summed E-state index contributed by atoms with van der Waals surface area (Å²) in [5.41, 5.74) is 7.42. The van der Waals surface area contributed by atoms with Crippen molar-refractivity contribution in [2.45, 2.75) is 13.0 Å². The molecule has 2 aromatic rings. The highest BCUT2D eigenvalue weighted by molar-refractivity contribution is 6.42. The van der Waals surface area contributed by atoms with Crippen molar-refractivity contribution in [2.75, 3.05) is 0 Å². The van der Waals surface area contributed by atoms with Gasteiger partial charge in [-0.15, -0.1) is 0 Å².